The molecule has 1 amide bonds. The van der Waals surface area contributed by atoms with E-state index in [1.165, 1.54) is 24.9 Å². The summed E-state index contributed by atoms with van der Waals surface area (Å²) in [6.45, 7) is 6.00. The molecule has 3 aromatic rings. The van der Waals surface area contributed by atoms with E-state index in [0.29, 0.717) is 12.1 Å². The van der Waals surface area contributed by atoms with Crippen molar-refractivity contribution in [2.45, 2.75) is 44.8 Å². The minimum absolute atomic E-state index is 0.166. The van der Waals surface area contributed by atoms with Crippen LogP contribution in [-0.2, 0) is 6.54 Å². The van der Waals surface area contributed by atoms with Crippen molar-refractivity contribution >= 4 is 16.9 Å². The van der Waals surface area contributed by atoms with Crippen LogP contribution in [0.3, 0.4) is 0 Å². The number of aromatic nitrogens is 2. The summed E-state index contributed by atoms with van der Waals surface area (Å²) >= 11 is 0. The Morgan fingerprint density at radius 3 is 2.69 bits per heavy atom. The molecule has 0 aliphatic carbocycles. The number of hydrogen-bond donors (Lipinski definition) is 0. The average molecular weight is 389 g/mol. The molecule has 2 fully saturated rings. The number of benzene rings is 2. The number of para-hydroxylation sites is 2. The first-order valence-corrected chi connectivity index (χ1v) is 10.7. The summed E-state index contributed by atoms with van der Waals surface area (Å²) in [5.74, 6) is 0.166. The largest absolute Gasteiger partial charge is 0.337 e. The van der Waals surface area contributed by atoms with Gasteiger partial charge in [-0.3, -0.25) is 9.69 Å². The van der Waals surface area contributed by atoms with Crippen molar-refractivity contribution in [2.75, 3.05) is 19.6 Å². The Labute approximate surface area is 171 Å². The normalized spacial score (nSPS) is 22.6. The smallest absolute Gasteiger partial charge is 0.253 e. The zero-order chi connectivity index (χ0) is 19.8. The van der Waals surface area contributed by atoms with Gasteiger partial charge in [-0.05, 0) is 62.6 Å². The van der Waals surface area contributed by atoms with Gasteiger partial charge in [0.1, 0.15) is 0 Å². The molecular weight excluding hydrogens is 360 g/mol. The zero-order valence-corrected chi connectivity index (χ0v) is 17.0. The number of carbonyl (C=O) groups is 1. The Kier molecular flexibility index (Phi) is 4.84. The summed E-state index contributed by atoms with van der Waals surface area (Å²) in [4.78, 5) is 22.1. The van der Waals surface area contributed by atoms with Gasteiger partial charge in [-0.25, -0.2) is 4.98 Å². The molecule has 5 heteroatoms. The lowest BCUT2D eigenvalue weighted by molar-refractivity contribution is 0.0774. The van der Waals surface area contributed by atoms with E-state index >= 15 is 0 Å². The van der Waals surface area contributed by atoms with E-state index in [1.54, 1.807) is 0 Å². The second kappa shape index (κ2) is 7.64. The predicted octanol–water partition coefficient (Wildman–Crippen LogP) is 3.78. The zero-order valence-electron chi connectivity index (χ0n) is 17.0. The first kappa shape index (κ1) is 18.4. The number of likely N-dealkylation sites (tertiary alicyclic amines) is 2. The fourth-order valence-corrected chi connectivity index (χ4v) is 4.96. The molecule has 2 atom stereocenters. The van der Waals surface area contributed by atoms with Crippen LogP contribution in [0.15, 0.2) is 54.9 Å². The molecule has 2 aliphatic rings. The van der Waals surface area contributed by atoms with E-state index < -0.39 is 0 Å². The van der Waals surface area contributed by atoms with Crippen LogP contribution in [-0.4, -0.2) is 57.0 Å². The molecule has 29 heavy (non-hydrogen) atoms. The van der Waals surface area contributed by atoms with Crippen LogP contribution in [0.4, 0.5) is 0 Å². The van der Waals surface area contributed by atoms with Crippen molar-refractivity contribution < 1.29 is 4.79 Å². The number of imidazole rings is 1. The molecule has 3 heterocycles. The van der Waals surface area contributed by atoms with Gasteiger partial charge < -0.3 is 9.47 Å². The molecule has 0 radical (unpaired) electrons. The first-order valence-electron chi connectivity index (χ1n) is 10.7. The van der Waals surface area contributed by atoms with Crippen LogP contribution in [0.5, 0.6) is 0 Å². The molecule has 5 nitrogen and oxygen atoms in total. The van der Waals surface area contributed by atoms with E-state index in [1.807, 2.05) is 41.6 Å². The van der Waals surface area contributed by atoms with Crippen molar-refractivity contribution in [2.24, 2.45) is 0 Å². The maximum atomic E-state index is 13.0. The second-order valence-electron chi connectivity index (χ2n) is 8.48. The summed E-state index contributed by atoms with van der Waals surface area (Å²) in [5.41, 5.74) is 4.11. The number of hydrogen-bond acceptors (Lipinski definition) is 3. The van der Waals surface area contributed by atoms with Crippen LogP contribution >= 0.6 is 0 Å². The van der Waals surface area contributed by atoms with Gasteiger partial charge >= 0.3 is 0 Å². The lowest BCUT2D eigenvalue weighted by Gasteiger charge is -2.28. The minimum atomic E-state index is 0.166. The van der Waals surface area contributed by atoms with E-state index in [0.717, 1.165) is 42.7 Å². The van der Waals surface area contributed by atoms with Gasteiger partial charge in [-0.15, -0.1) is 0 Å². The van der Waals surface area contributed by atoms with E-state index in [4.69, 9.17) is 0 Å². The second-order valence-corrected chi connectivity index (χ2v) is 8.48. The molecule has 0 N–H and O–H groups in total. The molecule has 0 spiro atoms. The Balaban J connectivity index is 1.25. The quantitative estimate of drug-likeness (QED) is 0.683. The van der Waals surface area contributed by atoms with Gasteiger partial charge in [0, 0.05) is 37.3 Å². The molecule has 2 aromatic carbocycles. The summed E-state index contributed by atoms with van der Waals surface area (Å²) in [5, 5.41) is 0. The van der Waals surface area contributed by atoms with Crippen molar-refractivity contribution in [3.05, 3.63) is 66.0 Å². The van der Waals surface area contributed by atoms with Crippen molar-refractivity contribution in [3.8, 4) is 0 Å². The van der Waals surface area contributed by atoms with Gasteiger partial charge in [0.05, 0.1) is 17.4 Å². The lowest BCUT2D eigenvalue weighted by Crippen LogP contribution is -2.40. The van der Waals surface area contributed by atoms with Crippen LogP contribution in [0.2, 0.25) is 0 Å². The molecule has 0 saturated carbocycles. The van der Waals surface area contributed by atoms with Crippen molar-refractivity contribution in [3.63, 3.8) is 0 Å². The maximum absolute atomic E-state index is 13.0. The van der Waals surface area contributed by atoms with Gasteiger partial charge in [-0.2, -0.15) is 0 Å². The van der Waals surface area contributed by atoms with Crippen LogP contribution in [0.25, 0.3) is 11.0 Å². The monoisotopic (exact) mass is 388 g/mol. The predicted molar refractivity (Wildman–Crippen MR) is 115 cm³/mol. The third-order valence-corrected chi connectivity index (χ3v) is 6.61. The third-order valence-electron chi connectivity index (χ3n) is 6.61. The Hall–Kier alpha value is -2.66. The minimum Gasteiger partial charge on any atom is -0.337 e. The number of carbonyl (C=O) groups excluding carboxylic acids is 1. The Morgan fingerprint density at radius 1 is 1.07 bits per heavy atom. The molecule has 150 valence electrons. The maximum Gasteiger partial charge on any atom is 0.253 e. The third kappa shape index (κ3) is 3.55. The summed E-state index contributed by atoms with van der Waals surface area (Å²) in [7, 11) is 0. The lowest BCUT2D eigenvalue weighted by atomic mass is 10.1. The van der Waals surface area contributed by atoms with Crippen molar-refractivity contribution in [1.82, 2.24) is 19.4 Å². The number of nitrogens with zero attached hydrogens (tertiary/aromatic N) is 4. The van der Waals surface area contributed by atoms with Gasteiger partial charge in [0.25, 0.3) is 5.91 Å². The van der Waals surface area contributed by atoms with Crippen LogP contribution in [0.1, 0.15) is 42.1 Å². The summed E-state index contributed by atoms with van der Waals surface area (Å²) in [6.07, 6.45) is 5.56. The Morgan fingerprint density at radius 2 is 1.90 bits per heavy atom. The number of amides is 1. The average Bonchev–Trinajstić information content (AvgIpc) is 3.48. The van der Waals surface area contributed by atoms with E-state index in [2.05, 4.69) is 39.6 Å². The molecule has 1 unspecified atom stereocenters. The SMILES string of the molecule is C[C@@H]1CCCN1C1CCN(C(=O)c2ccc(Cn3cnc4ccccc43)cc2)C1. The van der Waals surface area contributed by atoms with Gasteiger partial charge in [-0.1, -0.05) is 24.3 Å². The highest BCUT2D eigenvalue weighted by Gasteiger charge is 2.34. The number of fused-ring (bicyclic) bond motifs is 1. The topological polar surface area (TPSA) is 41.4 Å². The molecular formula is C24H28N4O. The standard InChI is InChI=1S/C24H28N4O/c1-18-5-4-13-28(18)21-12-14-26(16-21)24(29)20-10-8-19(9-11-20)15-27-17-25-22-6-2-3-7-23(22)27/h2-3,6-11,17-18,21H,4-5,12-16H2,1H3/t18-,21?/m1/s1. The molecule has 2 saturated heterocycles. The fourth-order valence-electron chi connectivity index (χ4n) is 4.96. The van der Waals surface area contributed by atoms with Crippen LogP contribution < -0.4 is 0 Å². The fraction of sp³-hybridized carbons (Fsp3) is 0.417. The van der Waals surface area contributed by atoms with Crippen LogP contribution in [0, 0.1) is 0 Å². The van der Waals surface area contributed by atoms with Gasteiger partial charge in [0.15, 0.2) is 0 Å². The van der Waals surface area contributed by atoms with E-state index in [9.17, 15) is 4.79 Å². The molecule has 1 aromatic heterocycles. The molecule has 0 bridgehead atoms. The van der Waals surface area contributed by atoms with Gasteiger partial charge in [0.2, 0.25) is 0 Å². The summed E-state index contributed by atoms with van der Waals surface area (Å²) in [6, 6.07) is 17.4. The summed E-state index contributed by atoms with van der Waals surface area (Å²) < 4.78 is 2.15. The number of rotatable bonds is 4. The first-order chi connectivity index (χ1) is 14.2. The molecule has 2 aliphatic heterocycles. The highest BCUT2D eigenvalue weighted by atomic mass is 16.2. The van der Waals surface area contributed by atoms with E-state index in [-0.39, 0.29) is 5.91 Å². The Bertz CT molecular complexity index is 1010. The van der Waals surface area contributed by atoms with Crippen molar-refractivity contribution in [1.29, 1.82) is 0 Å². The molecule has 5 rings (SSSR count). The highest BCUT2D eigenvalue weighted by Crippen LogP contribution is 2.26. The highest BCUT2D eigenvalue weighted by molar-refractivity contribution is 5.94.